The van der Waals surface area contributed by atoms with Crippen molar-refractivity contribution in [1.29, 1.82) is 0 Å². The van der Waals surface area contributed by atoms with Gasteiger partial charge in [-0.15, -0.1) is 0 Å². The average molecular weight is 408 g/mol. The van der Waals surface area contributed by atoms with E-state index in [0.717, 1.165) is 35.0 Å². The summed E-state index contributed by atoms with van der Waals surface area (Å²) in [6.45, 7) is 0.274. The molecule has 0 bridgehead atoms. The SMILES string of the molecule is COc1cc2c(cc1OC)[C@@H]1CC=C[C@H](N(C)C)C1NC2c1ccc2c(c1)OCO2. The summed E-state index contributed by atoms with van der Waals surface area (Å²) in [4.78, 5) is 2.28. The normalized spacial score (nSPS) is 26.3. The number of methoxy groups -OCH3 is 2. The number of nitrogens with zero attached hydrogens (tertiary/aromatic N) is 1. The Bertz CT molecular complexity index is 987. The Hall–Kier alpha value is -2.70. The van der Waals surface area contributed by atoms with Crippen molar-refractivity contribution in [3.63, 3.8) is 0 Å². The van der Waals surface area contributed by atoms with Gasteiger partial charge in [0, 0.05) is 18.0 Å². The van der Waals surface area contributed by atoms with Crippen LogP contribution in [0.1, 0.15) is 35.1 Å². The van der Waals surface area contributed by atoms with Crippen LogP contribution in [-0.2, 0) is 0 Å². The Morgan fingerprint density at radius 2 is 1.70 bits per heavy atom. The molecule has 4 atom stereocenters. The fourth-order valence-electron chi connectivity index (χ4n) is 5.03. The van der Waals surface area contributed by atoms with Crippen LogP contribution in [0.25, 0.3) is 0 Å². The molecule has 2 heterocycles. The van der Waals surface area contributed by atoms with Gasteiger partial charge in [0.15, 0.2) is 23.0 Å². The first-order valence-electron chi connectivity index (χ1n) is 10.3. The van der Waals surface area contributed by atoms with Crippen LogP contribution in [0.3, 0.4) is 0 Å². The van der Waals surface area contributed by atoms with Crippen LogP contribution in [0.2, 0.25) is 0 Å². The van der Waals surface area contributed by atoms with Gasteiger partial charge in [0.1, 0.15) is 0 Å². The summed E-state index contributed by atoms with van der Waals surface area (Å²) in [5.74, 6) is 3.48. The molecular weight excluding hydrogens is 380 g/mol. The minimum Gasteiger partial charge on any atom is -0.493 e. The Morgan fingerprint density at radius 1 is 0.967 bits per heavy atom. The molecule has 0 amide bonds. The molecule has 3 aliphatic rings. The van der Waals surface area contributed by atoms with E-state index in [1.165, 1.54) is 11.1 Å². The monoisotopic (exact) mass is 408 g/mol. The predicted octanol–water partition coefficient (Wildman–Crippen LogP) is 3.47. The van der Waals surface area contributed by atoms with Gasteiger partial charge in [-0.1, -0.05) is 18.2 Å². The van der Waals surface area contributed by atoms with E-state index in [1.54, 1.807) is 14.2 Å². The fourth-order valence-corrected chi connectivity index (χ4v) is 5.03. The van der Waals surface area contributed by atoms with E-state index in [0.29, 0.717) is 12.0 Å². The highest BCUT2D eigenvalue weighted by atomic mass is 16.7. The third-order valence-electron chi connectivity index (χ3n) is 6.51. The first-order valence-corrected chi connectivity index (χ1v) is 10.3. The van der Waals surface area contributed by atoms with Gasteiger partial charge in [-0.05, 0) is 61.5 Å². The van der Waals surface area contributed by atoms with E-state index in [1.807, 2.05) is 6.07 Å². The molecule has 5 rings (SSSR count). The molecule has 6 heteroatoms. The molecule has 2 unspecified atom stereocenters. The summed E-state index contributed by atoms with van der Waals surface area (Å²) >= 11 is 0. The summed E-state index contributed by atoms with van der Waals surface area (Å²) in [7, 11) is 7.66. The Balaban J connectivity index is 1.66. The summed E-state index contributed by atoms with van der Waals surface area (Å²) in [5, 5.41) is 3.95. The molecule has 0 saturated heterocycles. The molecule has 0 spiro atoms. The molecule has 0 saturated carbocycles. The standard InChI is InChI=1S/C24H28N2O4/c1-26(2)18-7-5-6-15-16-11-20(27-3)21(28-4)12-17(16)23(25-24(15)18)14-8-9-19-22(10-14)30-13-29-19/h5,7-12,15,18,23-25H,6,13H2,1-4H3/t15-,18-,23?,24?/m0/s1. The van der Waals surface area contributed by atoms with Gasteiger partial charge in [0.25, 0.3) is 0 Å². The zero-order valence-corrected chi connectivity index (χ0v) is 17.8. The summed E-state index contributed by atoms with van der Waals surface area (Å²) in [6.07, 6.45) is 5.61. The lowest BCUT2D eigenvalue weighted by Gasteiger charge is -2.46. The second kappa shape index (κ2) is 7.52. The summed E-state index contributed by atoms with van der Waals surface area (Å²) in [5.41, 5.74) is 3.69. The van der Waals surface area contributed by atoms with Gasteiger partial charge in [-0.2, -0.15) is 0 Å². The van der Waals surface area contributed by atoms with Crippen molar-refractivity contribution in [2.24, 2.45) is 0 Å². The molecule has 6 nitrogen and oxygen atoms in total. The molecule has 1 aliphatic carbocycles. The van der Waals surface area contributed by atoms with Crippen LogP contribution in [0, 0.1) is 0 Å². The maximum atomic E-state index is 5.65. The molecule has 1 N–H and O–H groups in total. The van der Waals surface area contributed by atoms with Crippen molar-refractivity contribution in [2.75, 3.05) is 35.1 Å². The largest absolute Gasteiger partial charge is 0.493 e. The number of fused-ring (bicyclic) bond motifs is 4. The van der Waals surface area contributed by atoms with Gasteiger partial charge in [-0.25, -0.2) is 0 Å². The Morgan fingerprint density at radius 3 is 2.43 bits per heavy atom. The minimum absolute atomic E-state index is 0.0181. The van der Waals surface area contributed by atoms with Crippen molar-refractivity contribution in [2.45, 2.75) is 30.5 Å². The third kappa shape index (κ3) is 3.02. The molecule has 30 heavy (non-hydrogen) atoms. The smallest absolute Gasteiger partial charge is 0.231 e. The van der Waals surface area contributed by atoms with Crippen molar-refractivity contribution in [1.82, 2.24) is 10.2 Å². The van der Waals surface area contributed by atoms with Crippen molar-refractivity contribution in [3.05, 3.63) is 59.2 Å². The van der Waals surface area contributed by atoms with Gasteiger partial charge < -0.3 is 29.2 Å². The highest BCUT2D eigenvalue weighted by Gasteiger charge is 2.41. The summed E-state index contributed by atoms with van der Waals surface area (Å²) in [6, 6.07) is 11.1. The molecular formula is C24H28N2O4. The minimum atomic E-state index is 0.0181. The second-order valence-electron chi connectivity index (χ2n) is 8.30. The lowest BCUT2D eigenvalue weighted by molar-refractivity contribution is 0.174. The zero-order valence-electron chi connectivity index (χ0n) is 17.8. The van der Waals surface area contributed by atoms with Crippen LogP contribution in [0.4, 0.5) is 0 Å². The van der Waals surface area contributed by atoms with E-state index >= 15 is 0 Å². The number of allylic oxidation sites excluding steroid dienone is 1. The number of hydrogen-bond donors (Lipinski definition) is 1. The van der Waals surface area contributed by atoms with Crippen LogP contribution in [0.15, 0.2) is 42.5 Å². The van der Waals surface area contributed by atoms with E-state index < -0.39 is 0 Å². The average Bonchev–Trinajstić information content (AvgIpc) is 3.24. The van der Waals surface area contributed by atoms with Crippen molar-refractivity contribution in [3.8, 4) is 23.0 Å². The van der Waals surface area contributed by atoms with Crippen LogP contribution < -0.4 is 24.3 Å². The third-order valence-corrected chi connectivity index (χ3v) is 6.51. The van der Waals surface area contributed by atoms with E-state index in [9.17, 15) is 0 Å². The number of ether oxygens (including phenoxy) is 4. The maximum Gasteiger partial charge on any atom is 0.231 e. The fraction of sp³-hybridized carbons (Fsp3) is 0.417. The number of hydrogen-bond acceptors (Lipinski definition) is 6. The number of rotatable bonds is 4. The lowest BCUT2D eigenvalue weighted by Crippen LogP contribution is -2.54. The van der Waals surface area contributed by atoms with E-state index in [4.69, 9.17) is 18.9 Å². The molecule has 2 aromatic rings. The number of benzene rings is 2. The topological polar surface area (TPSA) is 52.2 Å². The first kappa shape index (κ1) is 19.3. The second-order valence-corrected chi connectivity index (χ2v) is 8.30. The van der Waals surface area contributed by atoms with Gasteiger partial charge in [0.2, 0.25) is 6.79 Å². The van der Waals surface area contributed by atoms with Crippen molar-refractivity contribution >= 4 is 0 Å². The van der Waals surface area contributed by atoms with E-state index in [-0.39, 0.29) is 18.9 Å². The maximum absolute atomic E-state index is 5.65. The predicted molar refractivity (Wildman–Crippen MR) is 115 cm³/mol. The van der Waals surface area contributed by atoms with Crippen LogP contribution in [-0.4, -0.2) is 52.1 Å². The lowest BCUT2D eigenvalue weighted by atomic mass is 9.73. The zero-order chi connectivity index (χ0) is 20.8. The van der Waals surface area contributed by atoms with Gasteiger partial charge >= 0.3 is 0 Å². The Labute approximate surface area is 177 Å². The molecule has 0 aromatic heterocycles. The molecule has 2 aliphatic heterocycles. The molecule has 2 aromatic carbocycles. The summed E-state index contributed by atoms with van der Waals surface area (Å²) < 4.78 is 22.5. The van der Waals surface area contributed by atoms with Crippen LogP contribution in [0.5, 0.6) is 23.0 Å². The first-order chi connectivity index (χ1) is 14.6. The highest BCUT2D eigenvalue weighted by Crippen LogP contribution is 2.47. The Kier molecular flexibility index (Phi) is 4.83. The molecule has 158 valence electrons. The molecule has 0 radical (unpaired) electrons. The number of nitrogens with one attached hydrogen (secondary N) is 1. The quantitative estimate of drug-likeness (QED) is 0.782. The van der Waals surface area contributed by atoms with Crippen molar-refractivity contribution < 1.29 is 18.9 Å². The highest BCUT2D eigenvalue weighted by molar-refractivity contribution is 5.55. The van der Waals surface area contributed by atoms with Gasteiger partial charge in [0.05, 0.1) is 20.3 Å². The van der Waals surface area contributed by atoms with E-state index in [2.05, 4.69) is 60.7 Å². The molecule has 0 fully saturated rings. The van der Waals surface area contributed by atoms with Gasteiger partial charge in [-0.3, -0.25) is 0 Å². The van der Waals surface area contributed by atoms with Crippen LogP contribution >= 0.6 is 0 Å². The number of likely N-dealkylation sites (N-methyl/N-ethyl adjacent to an activating group) is 1.